The van der Waals surface area contributed by atoms with Gasteiger partial charge in [0, 0.05) is 37.6 Å². The monoisotopic (exact) mass is 518 g/mol. The highest BCUT2D eigenvalue weighted by Crippen LogP contribution is 2.27. The first kappa shape index (κ1) is 26.3. The first-order valence-electron chi connectivity index (χ1n) is 12.7. The van der Waals surface area contributed by atoms with Crippen molar-refractivity contribution < 1.29 is 24.0 Å². The molecule has 0 radical (unpaired) electrons. The second-order valence-electron chi connectivity index (χ2n) is 11.2. The molecule has 1 aromatic carbocycles. The summed E-state index contributed by atoms with van der Waals surface area (Å²) < 4.78 is 0. The van der Waals surface area contributed by atoms with Gasteiger partial charge in [0.25, 0.3) is 5.91 Å². The Labute approximate surface area is 217 Å². The highest BCUT2D eigenvalue weighted by atomic mass is 35.5. The zero-order chi connectivity index (χ0) is 26.0. The minimum atomic E-state index is -0.818. The number of nitrogens with zero attached hydrogens (tertiary/aromatic N) is 4. The molecular weight excluding hydrogens is 484 g/mol. The van der Waals surface area contributed by atoms with E-state index in [4.69, 9.17) is 16.4 Å². The second-order valence-corrected chi connectivity index (χ2v) is 11.6. The number of benzene rings is 1. The predicted molar refractivity (Wildman–Crippen MR) is 134 cm³/mol. The number of hydrogen-bond acceptors (Lipinski definition) is 5. The molecule has 5 amide bonds. The van der Waals surface area contributed by atoms with E-state index in [1.165, 1.54) is 10.5 Å². The lowest BCUT2D eigenvalue weighted by Gasteiger charge is -2.36. The lowest BCUT2D eigenvalue weighted by atomic mass is 9.91. The molecule has 1 unspecified atom stereocenters. The molecule has 9 nitrogen and oxygen atoms in total. The number of piperidine rings is 1. The van der Waals surface area contributed by atoms with Crippen LogP contribution < -0.4 is 0 Å². The standard InChI is InChI=1S/C26H35ClN4O5/c1-26(2,3)16-22(32)29-14-15-30-21(17-29)23(33)31(24(30)34)36-25(35)28-12-10-19(11-13-28)5-4-18-6-8-20(27)9-7-18/h6-9,19,21H,4-5,10-17H2,1-3H3. The molecule has 1 aromatic rings. The van der Waals surface area contributed by atoms with Crippen molar-refractivity contribution in [2.24, 2.45) is 11.3 Å². The van der Waals surface area contributed by atoms with Gasteiger partial charge >= 0.3 is 12.1 Å². The maximum atomic E-state index is 12.9. The van der Waals surface area contributed by atoms with Crippen LogP contribution in [0.2, 0.25) is 5.02 Å². The molecule has 1 atom stereocenters. The van der Waals surface area contributed by atoms with E-state index in [0.717, 1.165) is 30.7 Å². The molecule has 0 aromatic heterocycles. The number of imide groups is 1. The summed E-state index contributed by atoms with van der Waals surface area (Å²) in [7, 11) is 0. The summed E-state index contributed by atoms with van der Waals surface area (Å²) in [6.07, 6.45) is 3.32. The van der Waals surface area contributed by atoms with E-state index in [1.807, 2.05) is 45.0 Å². The van der Waals surface area contributed by atoms with Crippen LogP contribution in [0, 0.1) is 11.3 Å². The number of carbonyl (C=O) groups excluding carboxylic acids is 4. The van der Waals surface area contributed by atoms with Crippen LogP contribution >= 0.6 is 11.6 Å². The zero-order valence-corrected chi connectivity index (χ0v) is 22.0. The molecule has 0 saturated carbocycles. The van der Waals surface area contributed by atoms with Crippen LogP contribution in [-0.2, 0) is 20.8 Å². The van der Waals surface area contributed by atoms with Crippen molar-refractivity contribution in [3.8, 4) is 0 Å². The van der Waals surface area contributed by atoms with Crippen molar-refractivity contribution in [2.75, 3.05) is 32.7 Å². The zero-order valence-electron chi connectivity index (χ0n) is 21.2. The number of aryl methyl sites for hydroxylation is 1. The van der Waals surface area contributed by atoms with Gasteiger partial charge in [0.1, 0.15) is 6.04 Å². The Morgan fingerprint density at radius 2 is 1.67 bits per heavy atom. The predicted octanol–water partition coefficient (Wildman–Crippen LogP) is 3.95. The van der Waals surface area contributed by atoms with Crippen LogP contribution in [0.25, 0.3) is 0 Å². The highest BCUT2D eigenvalue weighted by molar-refractivity contribution is 6.30. The van der Waals surface area contributed by atoms with E-state index in [-0.39, 0.29) is 24.4 Å². The number of likely N-dealkylation sites (tertiary alicyclic amines) is 1. The molecule has 3 aliphatic heterocycles. The van der Waals surface area contributed by atoms with E-state index in [1.54, 1.807) is 9.80 Å². The molecule has 196 valence electrons. The van der Waals surface area contributed by atoms with E-state index in [9.17, 15) is 19.2 Å². The van der Waals surface area contributed by atoms with E-state index < -0.39 is 24.1 Å². The number of urea groups is 1. The fourth-order valence-electron chi connectivity index (χ4n) is 5.01. The number of amides is 5. The summed E-state index contributed by atoms with van der Waals surface area (Å²) >= 11 is 5.95. The first-order chi connectivity index (χ1) is 17.0. The molecule has 10 heteroatoms. The van der Waals surface area contributed by atoms with Gasteiger partial charge in [-0.3, -0.25) is 9.59 Å². The second kappa shape index (κ2) is 10.7. The van der Waals surface area contributed by atoms with Gasteiger partial charge in [-0.2, -0.15) is 0 Å². The van der Waals surface area contributed by atoms with E-state index in [0.29, 0.717) is 37.0 Å². The van der Waals surface area contributed by atoms with Crippen LogP contribution in [0.15, 0.2) is 24.3 Å². The van der Waals surface area contributed by atoms with Crippen LogP contribution in [-0.4, -0.2) is 82.5 Å². The molecule has 36 heavy (non-hydrogen) atoms. The van der Waals surface area contributed by atoms with Crippen LogP contribution in [0.1, 0.15) is 52.0 Å². The maximum Gasteiger partial charge on any atom is 0.434 e. The highest BCUT2D eigenvalue weighted by Gasteiger charge is 2.51. The number of fused-ring (bicyclic) bond motifs is 1. The average molecular weight is 519 g/mol. The van der Waals surface area contributed by atoms with Gasteiger partial charge in [0.15, 0.2) is 0 Å². The Morgan fingerprint density at radius 3 is 2.31 bits per heavy atom. The molecule has 4 rings (SSSR count). The smallest absolute Gasteiger partial charge is 0.338 e. The van der Waals surface area contributed by atoms with Gasteiger partial charge in [-0.15, -0.1) is 0 Å². The van der Waals surface area contributed by atoms with Crippen molar-refractivity contribution in [3.05, 3.63) is 34.9 Å². The first-order valence-corrected chi connectivity index (χ1v) is 13.0. The lowest BCUT2D eigenvalue weighted by Crippen LogP contribution is -2.55. The molecule has 0 spiro atoms. The van der Waals surface area contributed by atoms with Crippen molar-refractivity contribution in [2.45, 2.75) is 58.9 Å². The van der Waals surface area contributed by atoms with Crippen LogP contribution in [0.5, 0.6) is 0 Å². The van der Waals surface area contributed by atoms with Gasteiger partial charge in [0.05, 0.1) is 6.54 Å². The molecule has 3 heterocycles. The number of piperazine rings is 1. The minimum absolute atomic E-state index is 0.0447. The van der Waals surface area contributed by atoms with Crippen molar-refractivity contribution in [1.29, 1.82) is 0 Å². The molecule has 0 N–H and O–H groups in total. The summed E-state index contributed by atoms with van der Waals surface area (Å²) in [6, 6.07) is 6.40. The Kier molecular flexibility index (Phi) is 7.78. The van der Waals surface area contributed by atoms with Crippen LogP contribution in [0.4, 0.5) is 9.59 Å². The Hall–Kier alpha value is -2.81. The third kappa shape index (κ3) is 6.11. The number of rotatable bonds is 5. The maximum absolute atomic E-state index is 12.9. The van der Waals surface area contributed by atoms with Gasteiger partial charge in [-0.25, -0.2) is 9.59 Å². The molecular formula is C26H35ClN4O5. The minimum Gasteiger partial charge on any atom is -0.338 e. The van der Waals surface area contributed by atoms with Crippen molar-refractivity contribution in [1.82, 2.24) is 19.8 Å². The topological polar surface area (TPSA) is 90.5 Å². The van der Waals surface area contributed by atoms with E-state index >= 15 is 0 Å². The number of hydroxylamine groups is 2. The summed E-state index contributed by atoms with van der Waals surface area (Å²) in [5.41, 5.74) is 1.07. The van der Waals surface area contributed by atoms with Gasteiger partial charge in [-0.1, -0.05) is 49.6 Å². The molecule has 3 aliphatic rings. The quantitative estimate of drug-likeness (QED) is 0.550. The van der Waals surface area contributed by atoms with Crippen molar-refractivity contribution in [3.63, 3.8) is 0 Å². The SMILES string of the molecule is CC(C)(C)CC(=O)N1CCN2C(=O)N(OC(=O)N3CCC(CCc4ccc(Cl)cc4)CC3)C(=O)C2C1. The summed E-state index contributed by atoms with van der Waals surface area (Å²) in [5.74, 6) is -0.151. The number of carbonyl (C=O) groups is 4. The summed E-state index contributed by atoms with van der Waals surface area (Å²) in [4.78, 5) is 61.0. The molecule has 3 fully saturated rings. The van der Waals surface area contributed by atoms with Crippen LogP contribution in [0.3, 0.4) is 0 Å². The fourth-order valence-corrected chi connectivity index (χ4v) is 5.13. The Balaban J connectivity index is 1.26. The largest absolute Gasteiger partial charge is 0.434 e. The van der Waals surface area contributed by atoms with Crippen molar-refractivity contribution >= 4 is 35.5 Å². The normalized spacial score (nSPS) is 21.2. The number of hydrogen-bond donors (Lipinski definition) is 0. The Bertz CT molecular complexity index is 1000. The van der Waals surface area contributed by atoms with Gasteiger partial charge < -0.3 is 19.5 Å². The van der Waals surface area contributed by atoms with Gasteiger partial charge in [-0.05, 0) is 54.7 Å². The molecule has 0 bridgehead atoms. The summed E-state index contributed by atoms with van der Waals surface area (Å²) in [5, 5.41) is 1.31. The number of halogens is 1. The van der Waals surface area contributed by atoms with Gasteiger partial charge in [0.2, 0.25) is 5.91 Å². The Morgan fingerprint density at radius 1 is 1.00 bits per heavy atom. The molecule has 0 aliphatic carbocycles. The average Bonchev–Trinajstić information content (AvgIpc) is 3.07. The van der Waals surface area contributed by atoms with E-state index in [2.05, 4.69) is 0 Å². The third-order valence-electron chi connectivity index (χ3n) is 7.12. The third-order valence-corrected chi connectivity index (χ3v) is 7.37. The fraction of sp³-hybridized carbons (Fsp3) is 0.615. The lowest BCUT2D eigenvalue weighted by molar-refractivity contribution is -0.153. The summed E-state index contributed by atoms with van der Waals surface area (Å²) in [6.45, 7) is 7.69. The molecule has 3 saturated heterocycles.